The van der Waals surface area contributed by atoms with E-state index < -0.39 is 0 Å². The van der Waals surface area contributed by atoms with Gasteiger partial charge in [0.2, 0.25) is 5.89 Å². The van der Waals surface area contributed by atoms with Crippen LogP contribution in [-0.2, 0) is 24.4 Å². The molecule has 0 radical (unpaired) electrons. The molecule has 19 heavy (non-hydrogen) atoms. The summed E-state index contributed by atoms with van der Waals surface area (Å²) in [6.07, 6.45) is 0. The van der Waals surface area contributed by atoms with Crippen LogP contribution in [0.4, 0.5) is 0 Å². The molecule has 0 aliphatic carbocycles. The van der Waals surface area contributed by atoms with E-state index in [-0.39, 0.29) is 0 Å². The number of hydrogen-bond donors (Lipinski definition) is 1. The molecule has 0 aliphatic heterocycles. The van der Waals surface area contributed by atoms with Gasteiger partial charge in [-0.1, -0.05) is 24.3 Å². The number of oxazole rings is 1. The van der Waals surface area contributed by atoms with Crippen molar-refractivity contribution in [2.45, 2.75) is 33.5 Å². The summed E-state index contributed by atoms with van der Waals surface area (Å²) in [5, 5.41) is 3.32. The maximum Gasteiger partial charge on any atom is 0.208 e. The molecule has 1 aromatic heterocycles. The van der Waals surface area contributed by atoms with Crippen molar-refractivity contribution in [3.63, 3.8) is 0 Å². The van der Waals surface area contributed by atoms with Gasteiger partial charge in [0, 0.05) is 13.7 Å². The summed E-state index contributed by atoms with van der Waals surface area (Å²) < 4.78 is 10.6. The molecule has 0 saturated carbocycles. The van der Waals surface area contributed by atoms with Crippen LogP contribution in [0, 0.1) is 13.8 Å². The van der Waals surface area contributed by atoms with Gasteiger partial charge in [-0.05, 0) is 25.0 Å². The largest absolute Gasteiger partial charge is 0.444 e. The first-order valence-corrected chi connectivity index (χ1v) is 6.39. The predicted molar refractivity (Wildman–Crippen MR) is 73.7 cm³/mol. The van der Waals surface area contributed by atoms with Gasteiger partial charge in [-0.2, -0.15) is 0 Å². The third-order valence-corrected chi connectivity index (χ3v) is 3.01. The third kappa shape index (κ3) is 3.91. The number of aryl methyl sites for hydroxylation is 2. The molecule has 2 rings (SSSR count). The monoisotopic (exact) mass is 260 g/mol. The molecule has 0 amide bonds. The molecule has 1 heterocycles. The van der Waals surface area contributed by atoms with E-state index in [1.54, 1.807) is 7.11 Å². The summed E-state index contributed by atoms with van der Waals surface area (Å²) in [6.45, 7) is 5.99. The van der Waals surface area contributed by atoms with Crippen LogP contribution in [0.15, 0.2) is 28.7 Å². The molecule has 4 nitrogen and oxygen atoms in total. The fourth-order valence-electron chi connectivity index (χ4n) is 1.85. The Morgan fingerprint density at radius 1 is 1.11 bits per heavy atom. The number of methoxy groups -OCH3 is 1. The highest BCUT2D eigenvalue weighted by Crippen LogP contribution is 2.09. The van der Waals surface area contributed by atoms with Gasteiger partial charge >= 0.3 is 0 Å². The summed E-state index contributed by atoms with van der Waals surface area (Å²) in [5.74, 6) is 1.63. The molecule has 0 saturated heterocycles. The Hall–Kier alpha value is -1.65. The molecule has 0 unspecified atom stereocenters. The maximum atomic E-state index is 5.51. The number of aromatic nitrogens is 1. The second-order valence-corrected chi connectivity index (χ2v) is 4.60. The molecule has 0 fully saturated rings. The quantitative estimate of drug-likeness (QED) is 0.867. The van der Waals surface area contributed by atoms with Crippen molar-refractivity contribution in [3.8, 4) is 0 Å². The van der Waals surface area contributed by atoms with E-state index in [4.69, 9.17) is 9.15 Å². The second kappa shape index (κ2) is 6.50. The van der Waals surface area contributed by atoms with E-state index in [1.165, 1.54) is 11.1 Å². The summed E-state index contributed by atoms with van der Waals surface area (Å²) in [5.41, 5.74) is 3.38. The maximum absolute atomic E-state index is 5.51. The van der Waals surface area contributed by atoms with Crippen LogP contribution in [0.2, 0.25) is 0 Å². The van der Waals surface area contributed by atoms with E-state index in [9.17, 15) is 0 Å². The highest BCUT2D eigenvalue weighted by molar-refractivity contribution is 5.21. The number of nitrogens with zero attached hydrogens (tertiary/aromatic N) is 1. The van der Waals surface area contributed by atoms with Gasteiger partial charge in [-0.3, -0.25) is 0 Å². The predicted octanol–water partition coefficient (Wildman–Crippen LogP) is 2.73. The van der Waals surface area contributed by atoms with E-state index in [0.717, 1.165) is 23.9 Å². The highest BCUT2D eigenvalue weighted by Gasteiger charge is 2.04. The minimum absolute atomic E-state index is 0.647. The fourth-order valence-corrected chi connectivity index (χ4v) is 1.85. The first-order valence-electron chi connectivity index (χ1n) is 6.39. The van der Waals surface area contributed by atoms with Crippen LogP contribution < -0.4 is 5.32 Å². The number of benzene rings is 1. The van der Waals surface area contributed by atoms with Gasteiger partial charge in [0.25, 0.3) is 0 Å². The second-order valence-electron chi connectivity index (χ2n) is 4.60. The van der Waals surface area contributed by atoms with Crippen molar-refractivity contribution in [2.24, 2.45) is 0 Å². The molecule has 1 N–H and O–H groups in total. The zero-order chi connectivity index (χ0) is 13.7. The number of nitrogens with one attached hydrogen (secondary N) is 1. The fraction of sp³-hybridized carbons (Fsp3) is 0.400. The zero-order valence-electron chi connectivity index (χ0n) is 11.7. The Morgan fingerprint density at radius 3 is 2.37 bits per heavy atom. The topological polar surface area (TPSA) is 47.3 Å². The number of hydrogen-bond acceptors (Lipinski definition) is 4. The van der Waals surface area contributed by atoms with Crippen molar-refractivity contribution in [2.75, 3.05) is 7.11 Å². The molecular weight excluding hydrogens is 240 g/mol. The Morgan fingerprint density at radius 2 is 1.79 bits per heavy atom. The summed E-state index contributed by atoms with van der Waals surface area (Å²) in [4.78, 5) is 4.33. The van der Waals surface area contributed by atoms with Crippen LogP contribution >= 0.6 is 0 Å². The smallest absolute Gasteiger partial charge is 0.208 e. The Bertz CT molecular complexity index is 498. The van der Waals surface area contributed by atoms with Crippen LogP contribution in [-0.4, -0.2) is 12.1 Å². The Balaban J connectivity index is 1.82. The Labute approximate surface area is 113 Å². The normalized spacial score (nSPS) is 10.9. The number of rotatable bonds is 6. The zero-order valence-corrected chi connectivity index (χ0v) is 11.7. The Kier molecular flexibility index (Phi) is 4.71. The molecule has 102 valence electrons. The molecular formula is C15H20N2O2. The molecule has 0 bridgehead atoms. The van der Waals surface area contributed by atoms with E-state index in [1.807, 2.05) is 13.8 Å². The molecule has 0 atom stereocenters. The lowest BCUT2D eigenvalue weighted by atomic mass is 10.1. The number of ether oxygens (including phenoxy) is 1. The van der Waals surface area contributed by atoms with Crippen LogP contribution in [0.1, 0.15) is 28.5 Å². The minimum Gasteiger partial charge on any atom is -0.444 e. The highest BCUT2D eigenvalue weighted by atomic mass is 16.5. The van der Waals surface area contributed by atoms with Crippen molar-refractivity contribution in [1.29, 1.82) is 0 Å². The van der Waals surface area contributed by atoms with Gasteiger partial charge in [-0.15, -0.1) is 0 Å². The van der Waals surface area contributed by atoms with Gasteiger partial charge in [-0.25, -0.2) is 4.98 Å². The molecule has 0 aliphatic rings. The molecule has 1 aromatic carbocycles. The van der Waals surface area contributed by atoms with Crippen molar-refractivity contribution < 1.29 is 9.15 Å². The third-order valence-electron chi connectivity index (χ3n) is 3.01. The lowest BCUT2D eigenvalue weighted by Crippen LogP contribution is -2.12. The lowest BCUT2D eigenvalue weighted by Gasteiger charge is -2.04. The first kappa shape index (κ1) is 13.8. The first-order chi connectivity index (χ1) is 9.19. The van der Waals surface area contributed by atoms with Crippen molar-refractivity contribution in [1.82, 2.24) is 10.3 Å². The van der Waals surface area contributed by atoms with Gasteiger partial charge in [0.1, 0.15) is 5.76 Å². The molecule has 4 heteroatoms. The lowest BCUT2D eigenvalue weighted by molar-refractivity contribution is 0.185. The van der Waals surface area contributed by atoms with E-state index in [0.29, 0.717) is 13.2 Å². The van der Waals surface area contributed by atoms with Crippen LogP contribution in [0.25, 0.3) is 0 Å². The van der Waals surface area contributed by atoms with E-state index >= 15 is 0 Å². The SMILES string of the molecule is COCc1ccc(CNCc2nc(C)c(C)o2)cc1. The van der Waals surface area contributed by atoms with Gasteiger partial charge < -0.3 is 14.5 Å². The van der Waals surface area contributed by atoms with Gasteiger partial charge in [0.05, 0.1) is 18.8 Å². The van der Waals surface area contributed by atoms with E-state index in [2.05, 4.69) is 34.6 Å². The summed E-state index contributed by atoms with van der Waals surface area (Å²) in [6, 6.07) is 8.38. The summed E-state index contributed by atoms with van der Waals surface area (Å²) in [7, 11) is 1.70. The standard InChI is InChI=1S/C15H20N2O2/c1-11-12(2)19-15(17-11)9-16-8-13-4-6-14(7-5-13)10-18-3/h4-7,16H,8-10H2,1-3H3. The molecule has 0 spiro atoms. The average molecular weight is 260 g/mol. The van der Waals surface area contributed by atoms with Gasteiger partial charge in [0.15, 0.2) is 0 Å². The van der Waals surface area contributed by atoms with Crippen LogP contribution in [0.5, 0.6) is 0 Å². The minimum atomic E-state index is 0.647. The van der Waals surface area contributed by atoms with Crippen molar-refractivity contribution >= 4 is 0 Å². The molecule has 2 aromatic rings. The van der Waals surface area contributed by atoms with Crippen molar-refractivity contribution in [3.05, 3.63) is 52.7 Å². The summed E-state index contributed by atoms with van der Waals surface area (Å²) >= 11 is 0. The average Bonchev–Trinajstić information content (AvgIpc) is 2.71. The van der Waals surface area contributed by atoms with Crippen LogP contribution in [0.3, 0.4) is 0 Å².